The fraction of sp³-hybridized carbons (Fsp3) is 0.258. The zero-order valence-electron chi connectivity index (χ0n) is 21.5. The molecular formula is C31H30Cl2N2O3. The van der Waals surface area contributed by atoms with Gasteiger partial charge in [0.05, 0.1) is 5.52 Å². The standard InChI is InChI=1S/C31H30Cl2N2O3/c1-4-5-25(20-6-8-22(9-7-20)30(36)35-19(3)31(37)38)28(21-10-12-23(32)13-11-21)26-14-15-34-29-18(2)16-24(33)17-27(26)29/h6-17,19,25,28H,4-5H2,1-3H3,(H,35,36)(H,37,38)/t19-,25-,28?/m1/s1. The number of halogens is 2. The molecule has 0 saturated heterocycles. The highest BCUT2D eigenvalue weighted by Gasteiger charge is 2.28. The van der Waals surface area contributed by atoms with Gasteiger partial charge < -0.3 is 10.4 Å². The van der Waals surface area contributed by atoms with Crippen molar-refractivity contribution in [3.05, 3.63) is 111 Å². The fourth-order valence-electron chi connectivity index (χ4n) is 5.04. The van der Waals surface area contributed by atoms with Crippen molar-refractivity contribution < 1.29 is 14.7 Å². The van der Waals surface area contributed by atoms with Crippen molar-refractivity contribution >= 4 is 46.0 Å². The summed E-state index contributed by atoms with van der Waals surface area (Å²) >= 11 is 12.8. The molecule has 1 unspecified atom stereocenters. The number of aryl methyl sites for hydroxylation is 1. The summed E-state index contributed by atoms with van der Waals surface area (Å²) in [6.07, 6.45) is 3.70. The van der Waals surface area contributed by atoms with E-state index in [1.54, 1.807) is 12.1 Å². The van der Waals surface area contributed by atoms with Crippen LogP contribution in [0, 0.1) is 6.92 Å². The Morgan fingerprint density at radius 3 is 2.24 bits per heavy atom. The second-order valence-electron chi connectivity index (χ2n) is 9.60. The molecule has 38 heavy (non-hydrogen) atoms. The first-order chi connectivity index (χ1) is 18.2. The van der Waals surface area contributed by atoms with Crippen molar-refractivity contribution in [1.29, 1.82) is 0 Å². The zero-order valence-corrected chi connectivity index (χ0v) is 23.1. The molecule has 1 amide bonds. The Morgan fingerprint density at radius 1 is 0.947 bits per heavy atom. The Kier molecular flexibility index (Phi) is 8.70. The van der Waals surface area contributed by atoms with E-state index in [0.29, 0.717) is 15.6 Å². The summed E-state index contributed by atoms with van der Waals surface area (Å²) in [6.45, 7) is 5.61. The second kappa shape index (κ2) is 12.0. The third kappa shape index (κ3) is 6.01. The van der Waals surface area contributed by atoms with Gasteiger partial charge in [-0.1, -0.05) is 60.8 Å². The molecule has 3 aromatic carbocycles. The van der Waals surface area contributed by atoms with E-state index in [4.69, 9.17) is 28.3 Å². The number of carboxylic acids is 1. The lowest BCUT2D eigenvalue weighted by Crippen LogP contribution is -2.38. The molecule has 4 rings (SSSR count). The number of benzene rings is 3. The minimum atomic E-state index is -1.08. The quantitative estimate of drug-likeness (QED) is 0.224. The van der Waals surface area contributed by atoms with Crippen LogP contribution in [0.25, 0.3) is 10.9 Å². The predicted octanol–water partition coefficient (Wildman–Crippen LogP) is 7.77. The summed E-state index contributed by atoms with van der Waals surface area (Å²) in [5, 5.41) is 14.0. The highest BCUT2D eigenvalue weighted by molar-refractivity contribution is 6.31. The molecule has 0 aliphatic rings. The first kappa shape index (κ1) is 27.6. The second-order valence-corrected chi connectivity index (χ2v) is 10.5. The molecule has 1 heterocycles. The number of amides is 1. The predicted molar refractivity (Wildman–Crippen MR) is 153 cm³/mol. The molecule has 5 nitrogen and oxygen atoms in total. The monoisotopic (exact) mass is 548 g/mol. The van der Waals surface area contributed by atoms with Crippen LogP contribution in [-0.4, -0.2) is 28.0 Å². The third-order valence-corrected chi connectivity index (χ3v) is 7.39. The number of hydrogen-bond acceptors (Lipinski definition) is 3. The zero-order chi connectivity index (χ0) is 27.4. The number of aliphatic carboxylic acids is 1. The summed E-state index contributed by atoms with van der Waals surface area (Å²) in [4.78, 5) is 28.4. The van der Waals surface area contributed by atoms with Gasteiger partial charge in [-0.05, 0) is 90.9 Å². The summed E-state index contributed by atoms with van der Waals surface area (Å²) in [5.74, 6) is -1.44. The molecule has 0 aliphatic heterocycles. The van der Waals surface area contributed by atoms with Crippen molar-refractivity contribution in [2.24, 2.45) is 0 Å². The SMILES string of the molecule is CCC[C@H](c1ccc(C(=O)N[C@H](C)C(=O)O)cc1)C(c1ccc(Cl)cc1)c1ccnc2c(C)cc(Cl)cc12. The van der Waals surface area contributed by atoms with Gasteiger partial charge >= 0.3 is 5.97 Å². The topological polar surface area (TPSA) is 79.3 Å². The lowest BCUT2D eigenvalue weighted by Gasteiger charge is -2.30. The van der Waals surface area contributed by atoms with Gasteiger partial charge in [0.1, 0.15) is 6.04 Å². The summed E-state index contributed by atoms with van der Waals surface area (Å²) in [5.41, 5.74) is 5.67. The summed E-state index contributed by atoms with van der Waals surface area (Å²) in [6, 6.07) is 20.4. The molecule has 2 N–H and O–H groups in total. The van der Waals surface area contributed by atoms with Crippen molar-refractivity contribution in [3.8, 4) is 0 Å². The van der Waals surface area contributed by atoms with Gasteiger partial charge in [-0.3, -0.25) is 14.6 Å². The highest BCUT2D eigenvalue weighted by Crippen LogP contribution is 2.44. The molecule has 4 aromatic rings. The van der Waals surface area contributed by atoms with Crippen LogP contribution in [0.4, 0.5) is 0 Å². The number of rotatable bonds is 9. The third-order valence-electron chi connectivity index (χ3n) is 6.92. The molecule has 0 spiro atoms. The van der Waals surface area contributed by atoms with Gasteiger partial charge in [0.25, 0.3) is 5.91 Å². The minimum Gasteiger partial charge on any atom is -0.480 e. The van der Waals surface area contributed by atoms with Crippen LogP contribution in [-0.2, 0) is 4.79 Å². The van der Waals surface area contributed by atoms with Crippen LogP contribution >= 0.6 is 23.2 Å². The Balaban J connectivity index is 1.83. The number of carbonyl (C=O) groups is 2. The van der Waals surface area contributed by atoms with Gasteiger partial charge in [0, 0.05) is 33.1 Å². The molecule has 0 bridgehead atoms. The largest absolute Gasteiger partial charge is 0.480 e. The normalized spacial score (nSPS) is 13.6. The number of aromatic nitrogens is 1. The minimum absolute atomic E-state index is 0.0257. The van der Waals surface area contributed by atoms with Crippen LogP contribution in [0.3, 0.4) is 0 Å². The van der Waals surface area contributed by atoms with E-state index in [1.165, 1.54) is 6.92 Å². The molecule has 0 fully saturated rings. The maximum atomic E-state index is 12.6. The van der Waals surface area contributed by atoms with E-state index in [1.807, 2.05) is 49.5 Å². The van der Waals surface area contributed by atoms with Crippen LogP contribution < -0.4 is 5.32 Å². The molecular weight excluding hydrogens is 519 g/mol. The number of fused-ring (bicyclic) bond motifs is 1. The van der Waals surface area contributed by atoms with Crippen LogP contribution in [0.15, 0.2) is 72.9 Å². The maximum Gasteiger partial charge on any atom is 0.325 e. The Bertz CT molecular complexity index is 1450. The number of nitrogens with zero attached hydrogens (tertiary/aromatic N) is 1. The van der Waals surface area contributed by atoms with Gasteiger partial charge in [-0.25, -0.2) is 0 Å². The van der Waals surface area contributed by atoms with E-state index in [2.05, 4.69) is 35.4 Å². The van der Waals surface area contributed by atoms with Gasteiger partial charge in [-0.2, -0.15) is 0 Å². The lowest BCUT2D eigenvalue weighted by molar-refractivity contribution is -0.138. The number of nitrogens with one attached hydrogen (secondary N) is 1. The van der Waals surface area contributed by atoms with Gasteiger partial charge in [-0.15, -0.1) is 0 Å². The fourth-order valence-corrected chi connectivity index (χ4v) is 5.44. The molecule has 1 aromatic heterocycles. The summed E-state index contributed by atoms with van der Waals surface area (Å²) < 4.78 is 0. The van der Waals surface area contributed by atoms with Gasteiger partial charge in [0.15, 0.2) is 0 Å². The van der Waals surface area contributed by atoms with E-state index >= 15 is 0 Å². The maximum absolute atomic E-state index is 12.6. The first-order valence-corrected chi connectivity index (χ1v) is 13.4. The van der Waals surface area contributed by atoms with Crippen molar-refractivity contribution in [2.45, 2.75) is 51.5 Å². The van der Waals surface area contributed by atoms with Crippen LogP contribution in [0.1, 0.15) is 71.1 Å². The van der Waals surface area contributed by atoms with E-state index in [9.17, 15) is 9.59 Å². The van der Waals surface area contributed by atoms with E-state index in [0.717, 1.165) is 46.0 Å². The molecule has 0 saturated carbocycles. The van der Waals surface area contributed by atoms with E-state index in [-0.39, 0.29) is 11.8 Å². The Labute approximate surface area is 232 Å². The van der Waals surface area contributed by atoms with Crippen molar-refractivity contribution in [3.63, 3.8) is 0 Å². The molecule has 3 atom stereocenters. The average Bonchev–Trinajstić information content (AvgIpc) is 2.89. The summed E-state index contributed by atoms with van der Waals surface area (Å²) in [7, 11) is 0. The Morgan fingerprint density at radius 2 is 1.61 bits per heavy atom. The first-order valence-electron chi connectivity index (χ1n) is 12.6. The molecule has 0 radical (unpaired) electrons. The smallest absolute Gasteiger partial charge is 0.325 e. The highest BCUT2D eigenvalue weighted by atomic mass is 35.5. The lowest BCUT2D eigenvalue weighted by atomic mass is 9.74. The molecule has 0 aliphatic carbocycles. The molecule has 7 heteroatoms. The Hall–Kier alpha value is -3.41. The van der Waals surface area contributed by atoms with Crippen LogP contribution in [0.5, 0.6) is 0 Å². The number of pyridine rings is 1. The number of carbonyl (C=O) groups excluding carboxylic acids is 1. The van der Waals surface area contributed by atoms with Crippen LogP contribution in [0.2, 0.25) is 10.0 Å². The van der Waals surface area contributed by atoms with E-state index < -0.39 is 17.9 Å². The number of carboxylic acid groups (broad SMARTS) is 1. The van der Waals surface area contributed by atoms with Crippen molar-refractivity contribution in [2.75, 3.05) is 0 Å². The van der Waals surface area contributed by atoms with Gasteiger partial charge in [0.2, 0.25) is 0 Å². The average molecular weight is 549 g/mol. The molecule has 196 valence electrons. The number of hydrogen-bond donors (Lipinski definition) is 2. The van der Waals surface area contributed by atoms with Crippen molar-refractivity contribution in [1.82, 2.24) is 10.3 Å².